The first-order valence-corrected chi connectivity index (χ1v) is 5.53. The van der Waals surface area contributed by atoms with Crippen LogP contribution >= 0.6 is 0 Å². The molecule has 0 unspecified atom stereocenters. The third kappa shape index (κ3) is 1.81. The second-order valence-corrected chi connectivity index (χ2v) is 4.18. The van der Waals surface area contributed by atoms with Gasteiger partial charge in [-0.25, -0.2) is 0 Å². The maximum Gasteiger partial charge on any atom is 0.416 e. The highest BCUT2D eigenvalue weighted by atomic mass is 19.4. The number of aryl methyl sites for hydroxylation is 2. The number of hydrogen-bond acceptors (Lipinski definition) is 0. The summed E-state index contributed by atoms with van der Waals surface area (Å²) in [7, 11) is 0. The van der Waals surface area contributed by atoms with Crippen molar-refractivity contribution >= 4 is 10.9 Å². The smallest absolute Gasteiger partial charge is 0.345 e. The van der Waals surface area contributed by atoms with Gasteiger partial charge in [-0.1, -0.05) is 0 Å². The van der Waals surface area contributed by atoms with Crippen molar-refractivity contribution in [1.82, 2.24) is 4.57 Å². The Morgan fingerprint density at radius 1 is 1.18 bits per heavy atom. The first kappa shape index (κ1) is 12.0. The van der Waals surface area contributed by atoms with Gasteiger partial charge in [0.2, 0.25) is 0 Å². The predicted molar refractivity (Wildman–Crippen MR) is 62.1 cm³/mol. The lowest BCUT2D eigenvalue weighted by molar-refractivity contribution is -0.137. The van der Waals surface area contributed by atoms with E-state index < -0.39 is 11.7 Å². The summed E-state index contributed by atoms with van der Waals surface area (Å²) < 4.78 is 39.9. The minimum Gasteiger partial charge on any atom is -0.345 e. The van der Waals surface area contributed by atoms with Gasteiger partial charge in [0.15, 0.2) is 0 Å². The summed E-state index contributed by atoms with van der Waals surface area (Å²) in [5.74, 6) is 0. The maximum absolute atomic E-state index is 12.6. The number of alkyl halides is 3. The van der Waals surface area contributed by atoms with E-state index in [9.17, 15) is 13.2 Å². The van der Waals surface area contributed by atoms with E-state index in [0.717, 1.165) is 29.4 Å². The Labute approximate surface area is 97.9 Å². The van der Waals surface area contributed by atoms with Crippen molar-refractivity contribution in [2.24, 2.45) is 0 Å². The summed E-state index contributed by atoms with van der Waals surface area (Å²) in [5, 5.41) is 0.694. The summed E-state index contributed by atoms with van der Waals surface area (Å²) in [6.07, 6.45) is -4.27. The summed E-state index contributed by atoms with van der Waals surface area (Å²) in [6, 6.07) is 3.94. The Bertz CT molecular complexity index is 564. The van der Waals surface area contributed by atoms with E-state index in [2.05, 4.69) is 0 Å². The molecule has 1 nitrogen and oxygen atoms in total. The number of aromatic nitrogens is 1. The summed E-state index contributed by atoms with van der Waals surface area (Å²) >= 11 is 0. The van der Waals surface area contributed by atoms with Gasteiger partial charge in [0.1, 0.15) is 0 Å². The zero-order valence-corrected chi connectivity index (χ0v) is 10.0. The van der Waals surface area contributed by atoms with Crippen LogP contribution in [0.2, 0.25) is 0 Å². The quantitative estimate of drug-likeness (QED) is 0.701. The predicted octanol–water partition coefficient (Wildman–Crippen LogP) is 4.30. The zero-order chi connectivity index (χ0) is 12.8. The van der Waals surface area contributed by atoms with Crippen LogP contribution in [0.1, 0.15) is 23.7 Å². The van der Waals surface area contributed by atoms with E-state index >= 15 is 0 Å². The molecule has 4 heteroatoms. The van der Waals surface area contributed by atoms with Gasteiger partial charge in [-0.15, -0.1) is 0 Å². The van der Waals surface area contributed by atoms with Crippen LogP contribution in [0.15, 0.2) is 18.2 Å². The first-order chi connectivity index (χ1) is 7.86. The van der Waals surface area contributed by atoms with Crippen molar-refractivity contribution in [2.75, 3.05) is 0 Å². The van der Waals surface area contributed by atoms with Gasteiger partial charge in [0, 0.05) is 23.1 Å². The molecule has 1 heterocycles. The molecular formula is C13H14F3N. The topological polar surface area (TPSA) is 4.93 Å². The highest BCUT2D eigenvalue weighted by molar-refractivity contribution is 5.86. The zero-order valence-electron chi connectivity index (χ0n) is 10.0. The Morgan fingerprint density at radius 3 is 2.35 bits per heavy atom. The number of rotatable bonds is 1. The molecule has 0 saturated carbocycles. The van der Waals surface area contributed by atoms with Crippen LogP contribution in [-0.2, 0) is 12.7 Å². The summed E-state index contributed by atoms with van der Waals surface area (Å²) in [4.78, 5) is 0. The number of nitrogens with zero attached hydrogens (tertiary/aromatic N) is 1. The van der Waals surface area contributed by atoms with Crippen molar-refractivity contribution in [3.8, 4) is 0 Å². The third-order valence-corrected chi connectivity index (χ3v) is 3.28. The lowest BCUT2D eigenvalue weighted by Crippen LogP contribution is -2.04. The van der Waals surface area contributed by atoms with Crippen LogP contribution in [0.25, 0.3) is 10.9 Å². The van der Waals surface area contributed by atoms with Gasteiger partial charge < -0.3 is 4.57 Å². The second kappa shape index (κ2) is 3.79. The van der Waals surface area contributed by atoms with Crippen LogP contribution in [-0.4, -0.2) is 4.57 Å². The van der Waals surface area contributed by atoms with E-state index in [1.54, 1.807) is 6.07 Å². The van der Waals surface area contributed by atoms with Gasteiger partial charge in [0.05, 0.1) is 5.56 Å². The Balaban J connectivity index is 2.75. The van der Waals surface area contributed by atoms with Crippen LogP contribution in [0.3, 0.4) is 0 Å². The lowest BCUT2D eigenvalue weighted by atomic mass is 10.1. The molecule has 0 bridgehead atoms. The van der Waals surface area contributed by atoms with Crippen molar-refractivity contribution in [3.63, 3.8) is 0 Å². The molecule has 0 N–H and O–H groups in total. The average molecular weight is 241 g/mol. The van der Waals surface area contributed by atoms with Crippen LogP contribution < -0.4 is 0 Å². The first-order valence-electron chi connectivity index (χ1n) is 5.53. The Kier molecular flexibility index (Phi) is 2.68. The van der Waals surface area contributed by atoms with Gasteiger partial charge in [-0.05, 0) is 44.5 Å². The van der Waals surface area contributed by atoms with Gasteiger partial charge in [-0.2, -0.15) is 13.2 Å². The molecule has 17 heavy (non-hydrogen) atoms. The minimum absolute atomic E-state index is 0.582. The molecule has 1 aromatic heterocycles. The standard InChI is InChI=1S/C13H14F3N/c1-4-17-9(3)8(2)11-7-10(13(14,15)16)5-6-12(11)17/h5-7H,4H2,1-3H3. The van der Waals surface area contributed by atoms with Crippen LogP contribution in [0.5, 0.6) is 0 Å². The molecule has 0 aliphatic heterocycles. The molecule has 0 amide bonds. The number of halogens is 3. The molecule has 92 valence electrons. The van der Waals surface area contributed by atoms with Crippen molar-refractivity contribution in [1.29, 1.82) is 0 Å². The number of fused-ring (bicyclic) bond motifs is 1. The van der Waals surface area contributed by atoms with E-state index in [4.69, 9.17) is 0 Å². The second-order valence-electron chi connectivity index (χ2n) is 4.18. The summed E-state index contributed by atoms with van der Waals surface area (Å²) in [6.45, 7) is 6.56. The maximum atomic E-state index is 12.6. The van der Waals surface area contributed by atoms with E-state index in [1.165, 1.54) is 6.07 Å². The fourth-order valence-electron chi connectivity index (χ4n) is 2.23. The molecule has 0 spiro atoms. The summed E-state index contributed by atoms with van der Waals surface area (Å²) in [5.41, 5.74) is 2.24. The molecule has 1 aromatic carbocycles. The highest BCUT2D eigenvalue weighted by Gasteiger charge is 2.31. The Morgan fingerprint density at radius 2 is 1.82 bits per heavy atom. The molecule has 2 rings (SSSR count). The molecule has 0 aliphatic carbocycles. The van der Waals surface area contributed by atoms with Crippen LogP contribution in [0.4, 0.5) is 13.2 Å². The molecule has 0 aliphatic rings. The molecular weight excluding hydrogens is 227 g/mol. The minimum atomic E-state index is -4.27. The van der Waals surface area contributed by atoms with E-state index in [0.29, 0.717) is 5.39 Å². The largest absolute Gasteiger partial charge is 0.416 e. The van der Waals surface area contributed by atoms with Gasteiger partial charge >= 0.3 is 6.18 Å². The molecule has 0 radical (unpaired) electrons. The van der Waals surface area contributed by atoms with Gasteiger partial charge in [-0.3, -0.25) is 0 Å². The van der Waals surface area contributed by atoms with Crippen molar-refractivity contribution in [2.45, 2.75) is 33.5 Å². The monoisotopic (exact) mass is 241 g/mol. The molecule has 2 aromatic rings. The van der Waals surface area contributed by atoms with E-state index in [1.807, 2.05) is 25.3 Å². The van der Waals surface area contributed by atoms with Crippen molar-refractivity contribution in [3.05, 3.63) is 35.0 Å². The number of hydrogen-bond donors (Lipinski definition) is 0. The highest BCUT2D eigenvalue weighted by Crippen LogP contribution is 2.33. The van der Waals surface area contributed by atoms with Crippen molar-refractivity contribution < 1.29 is 13.2 Å². The normalized spacial score (nSPS) is 12.4. The third-order valence-electron chi connectivity index (χ3n) is 3.28. The fraction of sp³-hybridized carbons (Fsp3) is 0.385. The molecule has 0 atom stereocenters. The Hall–Kier alpha value is -1.45. The average Bonchev–Trinajstić information content (AvgIpc) is 2.50. The fourth-order valence-corrected chi connectivity index (χ4v) is 2.23. The van der Waals surface area contributed by atoms with E-state index in [-0.39, 0.29) is 0 Å². The van der Waals surface area contributed by atoms with Gasteiger partial charge in [0.25, 0.3) is 0 Å². The lowest BCUT2D eigenvalue weighted by Gasteiger charge is -2.07. The molecule has 0 fully saturated rings. The molecule has 0 saturated heterocycles. The SMILES string of the molecule is CCn1c(C)c(C)c2cc(C(F)(F)F)ccc21. The van der Waals surface area contributed by atoms with Crippen LogP contribution in [0, 0.1) is 13.8 Å². The number of benzene rings is 1.